The maximum absolute atomic E-state index is 13.3. The molecule has 0 spiro atoms. The second-order valence-corrected chi connectivity index (χ2v) is 8.96. The average molecular weight is 518 g/mol. The molecule has 38 heavy (non-hydrogen) atoms. The SMILES string of the molecule is CCCCCCC(=O)NCCCN(C(=O)Nc1ccc(OCC)cc1)c1ccc(Oc2ccccc2)cc1. The molecule has 2 N–H and O–H groups in total. The normalized spacial score (nSPS) is 10.5. The van der Waals surface area contributed by atoms with Gasteiger partial charge in [-0.2, -0.15) is 0 Å². The van der Waals surface area contributed by atoms with Crippen LogP contribution in [0.15, 0.2) is 78.9 Å². The van der Waals surface area contributed by atoms with Gasteiger partial charge in [-0.15, -0.1) is 0 Å². The summed E-state index contributed by atoms with van der Waals surface area (Å²) in [5.41, 5.74) is 1.41. The highest BCUT2D eigenvalue weighted by atomic mass is 16.5. The van der Waals surface area contributed by atoms with E-state index in [2.05, 4.69) is 17.6 Å². The van der Waals surface area contributed by atoms with E-state index in [0.29, 0.717) is 44.0 Å². The zero-order valence-electron chi connectivity index (χ0n) is 22.4. The zero-order chi connectivity index (χ0) is 27.0. The molecule has 202 valence electrons. The molecule has 0 radical (unpaired) electrons. The van der Waals surface area contributed by atoms with E-state index in [0.717, 1.165) is 42.9 Å². The molecule has 0 aliphatic rings. The van der Waals surface area contributed by atoms with Gasteiger partial charge in [-0.05, 0) is 80.4 Å². The van der Waals surface area contributed by atoms with Gasteiger partial charge in [0.1, 0.15) is 17.2 Å². The number of amides is 3. The maximum atomic E-state index is 13.3. The van der Waals surface area contributed by atoms with Gasteiger partial charge in [-0.3, -0.25) is 9.69 Å². The predicted molar refractivity (Wildman–Crippen MR) is 153 cm³/mol. The fraction of sp³-hybridized carbons (Fsp3) is 0.355. The topological polar surface area (TPSA) is 79.9 Å². The molecule has 7 heteroatoms. The Kier molecular flexibility index (Phi) is 12.0. The van der Waals surface area contributed by atoms with Crippen LogP contribution in [0.2, 0.25) is 0 Å². The fourth-order valence-electron chi connectivity index (χ4n) is 3.92. The van der Waals surface area contributed by atoms with Crippen LogP contribution in [0.1, 0.15) is 52.4 Å². The lowest BCUT2D eigenvalue weighted by atomic mass is 10.1. The Morgan fingerprint density at radius 3 is 2.13 bits per heavy atom. The van der Waals surface area contributed by atoms with Crippen LogP contribution >= 0.6 is 0 Å². The van der Waals surface area contributed by atoms with E-state index in [4.69, 9.17) is 9.47 Å². The van der Waals surface area contributed by atoms with E-state index in [1.807, 2.05) is 85.8 Å². The van der Waals surface area contributed by atoms with E-state index in [1.165, 1.54) is 0 Å². The molecular weight excluding hydrogens is 478 g/mol. The minimum absolute atomic E-state index is 0.0638. The largest absolute Gasteiger partial charge is 0.494 e. The number of nitrogens with one attached hydrogen (secondary N) is 2. The van der Waals surface area contributed by atoms with Crippen molar-refractivity contribution in [3.63, 3.8) is 0 Å². The second kappa shape index (κ2) is 16.0. The summed E-state index contributed by atoms with van der Waals surface area (Å²) in [5.74, 6) is 2.24. The Morgan fingerprint density at radius 1 is 0.763 bits per heavy atom. The highest BCUT2D eigenvalue weighted by Crippen LogP contribution is 2.25. The third-order valence-corrected chi connectivity index (χ3v) is 5.93. The van der Waals surface area contributed by atoms with Crippen LogP contribution in [0.25, 0.3) is 0 Å². The van der Waals surface area contributed by atoms with E-state index in [-0.39, 0.29) is 11.9 Å². The van der Waals surface area contributed by atoms with Gasteiger partial charge in [-0.1, -0.05) is 44.4 Å². The summed E-state index contributed by atoms with van der Waals surface area (Å²) in [6.07, 6.45) is 5.46. The van der Waals surface area contributed by atoms with Gasteiger partial charge in [0.25, 0.3) is 0 Å². The van der Waals surface area contributed by atoms with Gasteiger partial charge in [0.05, 0.1) is 6.61 Å². The maximum Gasteiger partial charge on any atom is 0.326 e. The highest BCUT2D eigenvalue weighted by molar-refractivity contribution is 6.01. The summed E-state index contributed by atoms with van der Waals surface area (Å²) in [5, 5.41) is 5.95. The number of carbonyl (C=O) groups is 2. The molecular formula is C31H39N3O4. The quantitative estimate of drug-likeness (QED) is 0.206. The van der Waals surface area contributed by atoms with Crippen LogP contribution in [-0.4, -0.2) is 31.6 Å². The number of benzene rings is 3. The Morgan fingerprint density at radius 2 is 1.45 bits per heavy atom. The number of hydrogen-bond acceptors (Lipinski definition) is 4. The molecule has 3 aromatic rings. The van der Waals surface area contributed by atoms with Crippen LogP contribution in [0, 0.1) is 0 Å². The fourth-order valence-corrected chi connectivity index (χ4v) is 3.92. The average Bonchev–Trinajstić information content (AvgIpc) is 2.93. The molecule has 3 rings (SSSR count). The summed E-state index contributed by atoms with van der Waals surface area (Å²) < 4.78 is 11.4. The Hall–Kier alpha value is -4.00. The lowest BCUT2D eigenvalue weighted by molar-refractivity contribution is -0.121. The van der Waals surface area contributed by atoms with Gasteiger partial charge in [-0.25, -0.2) is 4.79 Å². The Labute approximate surface area is 226 Å². The van der Waals surface area contributed by atoms with Crippen molar-refractivity contribution in [1.29, 1.82) is 0 Å². The van der Waals surface area contributed by atoms with Crippen molar-refractivity contribution in [2.75, 3.05) is 29.9 Å². The van der Waals surface area contributed by atoms with Crippen LogP contribution in [0.3, 0.4) is 0 Å². The summed E-state index contributed by atoms with van der Waals surface area (Å²) >= 11 is 0. The van der Waals surface area contributed by atoms with Gasteiger partial charge in [0.2, 0.25) is 5.91 Å². The minimum Gasteiger partial charge on any atom is -0.494 e. The molecule has 0 bridgehead atoms. The molecule has 3 aromatic carbocycles. The number of carbonyl (C=O) groups excluding carboxylic acids is 2. The summed E-state index contributed by atoms with van der Waals surface area (Å²) in [4.78, 5) is 27.1. The van der Waals surface area contributed by atoms with Crippen molar-refractivity contribution >= 4 is 23.3 Å². The van der Waals surface area contributed by atoms with Crippen LogP contribution in [0.4, 0.5) is 16.2 Å². The van der Waals surface area contributed by atoms with E-state index >= 15 is 0 Å². The smallest absolute Gasteiger partial charge is 0.326 e. The Balaban J connectivity index is 1.62. The lowest BCUT2D eigenvalue weighted by Crippen LogP contribution is -2.37. The molecule has 0 unspecified atom stereocenters. The third kappa shape index (κ3) is 9.81. The molecule has 0 aliphatic heterocycles. The van der Waals surface area contributed by atoms with Gasteiger partial charge in [0, 0.05) is 30.9 Å². The number of ether oxygens (including phenoxy) is 2. The molecule has 0 aliphatic carbocycles. The second-order valence-electron chi connectivity index (χ2n) is 8.96. The van der Waals surface area contributed by atoms with Crippen molar-refractivity contribution in [3.05, 3.63) is 78.9 Å². The molecule has 3 amide bonds. The van der Waals surface area contributed by atoms with Crippen molar-refractivity contribution in [3.8, 4) is 17.2 Å². The first kappa shape index (κ1) is 28.6. The number of urea groups is 1. The molecule has 7 nitrogen and oxygen atoms in total. The monoisotopic (exact) mass is 517 g/mol. The van der Waals surface area contributed by atoms with Crippen molar-refractivity contribution in [2.24, 2.45) is 0 Å². The Bertz CT molecular complexity index is 1100. The summed E-state index contributed by atoms with van der Waals surface area (Å²) in [6, 6.07) is 24.0. The first-order chi connectivity index (χ1) is 18.6. The molecule has 0 fully saturated rings. The van der Waals surface area contributed by atoms with Gasteiger partial charge >= 0.3 is 6.03 Å². The number of anilines is 2. The number of hydrogen-bond donors (Lipinski definition) is 2. The van der Waals surface area contributed by atoms with Crippen molar-refractivity contribution < 1.29 is 19.1 Å². The highest BCUT2D eigenvalue weighted by Gasteiger charge is 2.16. The van der Waals surface area contributed by atoms with Crippen molar-refractivity contribution in [2.45, 2.75) is 52.4 Å². The molecule has 0 saturated heterocycles. The van der Waals surface area contributed by atoms with Crippen LogP contribution < -0.4 is 25.0 Å². The van der Waals surface area contributed by atoms with Gasteiger partial charge < -0.3 is 20.1 Å². The number of unbranched alkanes of at least 4 members (excludes halogenated alkanes) is 3. The standard InChI is InChI=1S/C31H39N3O4/c1-3-5-6-10-14-30(35)32-23-11-24-34(31(36)33-25-15-19-27(20-16-25)37-4-2)26-17-21-29(22-18-26)38-28-12-8-7-9-13-28/h7-9,12-13,15-22H,3-6,10-11,14,23-24H2,1-2H3,(H,32,35)(H,33,36). The molecule has 0 heterocycles. The third-order valence-electron chi connectivity index (χ3n) is 5.93. The lowest BCUT2D eigenvalue weighted by Gasteiger charge is -2.24. The van der Waals surface area contributed by atoms with E-state index < -0.39 is 0 Å². The number of para-hydroxylation sites is 1. The zero-order valence-corrected chi connectivity index (χ0v) is 22.4. The van der Waals surface area contributed by atoms with E-state index in [9.17, 15) is 9.59 Å². The van der Waals surface area contributed by atoms with Crippen LogP contribution in [-0.2, 0) is 4.79 Å². The number of nitrogens with zero attached hydrogens (tertiary/aromatic N) is 1. The molecule has 0 atom stereocenters. The van der Waals surface area contributed by atoms with E-state index in [1.54, 1.807) is 4.90 Å². The first-order valence-corrected chi connectivity index (χ1v) is 13.5. The summed E-state index contributed by atoms with van der Waals surface area (Å²) in [6.45, 7) is 5.62. The predicted octanol–water partition coefficient (Wildman–Crippen LogP) is 7.39. The molecule has 0 saturated carbocycles. The molecule has 0 aromatic heterocycles. The van der Waals surface area contributed by atoms with Crippen LogP contribution in [0.5, 0.6) is 17.2 Å². The summed E-state index contributed by atoms with van der Waals surface area (Å²) in [7, 11) is 0. The first-order valence-electron chi connectivity index (χ1n) is 13.5. The van der Waals surface area contributed by atoms with Gasteiger partial charge in [0.15, 0.2) is 0 Å². The number of rotatable bonds is 15. The minimum atomic E-state index is -0.253. The van der Waals surface area contributed by atoms with Crippen molar-refractivity contribution in [1.82, 2.24) is 5.32 Å².